The van der Waals surface area contributed by atoms with Crippen molar-refractivity contribution in [3.05, 3.63) is 42.6 Å². The molecule has 9 nitrogen and oxygen atoms in total. The number of nitrogens with one attached hydrogen (secondary N) is 1. The van der Waals surface area contributed by atoms with E-state index >= 15 is 0 Å². The van der Waals surface area contributed by atoms with Crippen LogP contribution in [0.4, 0.5) is 11.6 Å². The summed E-state index contributed by atoms with van der Waals surface area (Å²) in [6, 6.07) is 5.37. The van der Waals surface area contributed by atoms with Crippen molar-refractivity contribution in [2.75, 3.05) is 36.5 Å². The van der Waals surface area contributed by atoms with Crippen LogP contribution in [0.3, 0.4) is 0 Å². The summed E-state index contributed by atoms with van der Waals surface area (Å²) in [6.45, 7) is 2.89. The summed E-state index contributed by atoms with van der Waals surface area (Å²) in [6.07, 6.45) is 4.44. The van der Waals surface area contributed by atoms with Crippen LogP contribution in [0.25, 0.3) is 5.65 Å². The van der Waals surface area contributed by atoms with Gasteiger partial charge in [-0.05, 0) is 18.2 Å². The molecule has 0 saturated carbocycles. The van der Waals surface area contributed by atoms with Crippen molar-refractivity contribution in [1.29, 1.82) is 0 Å². The molecule has 24 heavy (non-hydrogen) atoms. The number of carbonyl (C=O) groups is 1. The van der Waals surface area contributed by atoms with Gasteiger partial charge in [0.2, 0.25) is 0 Å². The normalized spacial score (nSPS) is 14.8. The van der Waals surface area contributed by atoms with Crippen molar-refractivity contribution < 1.29 is 9.53 Å². The quantitative estimate of drug-likeness (QED) is 0.753. The van der Waals surface area contributed by atoms with Crippen LogP contribution in [-0.2, 0) is 4.74 Å². The van der Waals surface area contributed by atoms with Crippen LogP contribution in [0.1, 0.15) is 10.5 Å². The number of aromatic nitrogens is 5. The Kier molecular flexibility index (Phi) is 3.75. The maximum absolute atomic E-state index is 12.5. The zero-order valence-electron chi connectivity index (χ0n) is 12.8. The van der Waals surface area contributed by atoms with Crippen LogP contribution in [0.15, 0.2) is 36.9 Å². The lowest BCUT2D eigenvalue weighted by atomic mass is 10.4. The fourth-order valence-corrected chi connectivity index (χ4v) is 2.52. The number of morpholine rings is 1. The highest BCUT2D eigenvalue weighted by molar-refractivity contribution is 6.02. The van der Waals surface area contributed by atoms with E-state index in [1.807, 2.05) is 12.1 Å². The second kappa shape index (κ2) is 6.20. The van der Waals surface area contributed by atoms with Crippen molar-refractivity contribution in [1.82, 2.24) is 24.6 Å². The lowest BCUT2D eigenvalue weighted by molar-refractivity contribution is 0.101. The number of rotatable bonds is 3. The summed E-state index contributed by atoms with van der Waals surface area (Å²) in [5.74, 6) is 0.891. The topological polar surface area (TPSA) is 97.5 Å². The smallest absolute Gasteiger partial charge is 0.277 e. The summed E-state index contributed by atoms with van der Waals surface area (Å²) in [5.41, 5.74) is 0.957. The molecule has 0 aromatic carbocycles. The first kappa shape index (κ1) is 14.5. The summed E-state index contributed by atoms with van der Waals surface area (Å²) < 4.78 is 6.90. The summed E-state index contributed by atoms with van der Waals surface area (Å²) in [7, 11) is 0. The van der Waals surface area contributed by atoms with Crippen LogP contribution in [0, 0.1) is 0 Å². The minimum absolute atomic E-state index is 0.326. The highest BCUT2D eigenvalue weighted by atomic mass is 16.5. The molecule has 0 radical (unpaired) electrons. The molecule has 1 aliphatic heterocycles. The Morgan fingerprint density at radius 3 is 2.83 bits per heavy atom. The van der Waals surface area contributed by atoms with Gasteiger partial charge in [0.05, 0.1) is 19.4 Å². The Bertz CT molecular complexity index is 859. The van der Waals surface area contributed by atoms with E-state index in [0.29, 0.717) is 30.4 Å². The van der Waals surface area contributed by atoms with Gasteiger partial charge in [-0.25, -0.2) is 19.5 Å². The molecule has 0 unspecified atom stereocenters. The molecule has 3 aromatic rings. The summed E-state index contributed by atoms with van der Waals surface area (Å²) in [5, 5.41) is 7.26. The van der Waals surface area contributed by atoms with E-state index in [1.165, 1.54) is 12.5 Å². The van der Waals surface area contributed by atoms with Crippen molar-refractivity contribution in [2.45, 2.75) is 0 Å². The number of fused-ring (bicyclic) bond motifs is 1. The van der Waals surface area contributed by atoms with Gasteiger partial charge in [0.15, 0.2) is 11.3 Å². The van der Waals surface area contributed by atoms with Crippen LogP contribution >= 0.6 is 0 Å². The standard InChI is InChI=1S/C15H15N7O2/c23-15(19-12-3-4-16-10-18-12)11-9-17-13-1-2-14(20-22(11)13)21-5-7-24-8-6-21/h1-4,9-10H,5-8H2,(H,16,18,19,23). The molecule has 1 amide bonds. The molecule has 3 aromatic heterocycles. The molecule has 1 aliphatic rings. The van der Waals surface area contributed by atoms with Crippen molar-refractivity contribution in [3.8, 4) is 0 Å². The van der Waals surface area contributed by atoms with Crippen LogP contribution in [0.5, 0.6) is 0 Å². The predicted octanol–water partition coefficient (Wildman–Crippen LogP) is 0.608. The largest absolute Gasteiger partial charge is 0.378 e. The molecule has 0 atom stereocenters. The third-order valence-corrected chi connectivity index (χ3v) is 3.74. The maximum atomic E-state index is 12.5. The Balaban J connectivity index is 1.64. The fraction of sp³-hybridized carbons (Fsp3) is 0.267. The number of anilines is 2. The van der Waals surface area contributed by atoms with E-state index < -0.39 is 0 Å². The van der Waals surface area contributed by atoms with E-state index in [9.17, 15) is 4.79 Å². The molecule has 122 valence electrons. The van der Waals surface area contributed by atoms with Gasteiger partial charge in [-0.15, -0.1) is 5.10 Å². The number of amides is 1. The molecule has 4 rings (SSSR count). The minimum atomic E-state index is -0.326. The second-order valence-corrected chi connectivity index (χ2v) is 5.25. The number of hydrogen-bond donors (Lipinski definition) is 1. The van der Waals surface area contributed by atoms with Gasteiger partial charge in [-0.1, -0.05) is 0 Å². The zero-order chi connectivity index (χ0) is 16.4. The van der Waals surface area contributed by atoms with Crippen LogP contribution < -0.4 is 10.2 Å². The molecule has 1 saturated heterocycles. The van der Waals surface area contributed by atoms with E-state index in [2.05, 4.69) is 30.3 Å². The van der Waals surface area contributed by atoms with Gasteiger partial charge in [-0.2, -0.15) is 0 Å². The first-order valence-electron chi connectivity index (χ1n) is 7.56. The molecule has 0 bridgehead atoms. The van der Waals surface area contributed by atoms with E-state index in [0.717, 1.165) is 18.9 Å². The molecule has 0 spiro atoms. The lowest BCUT2D eigenvalue weighted by Crippen LogP contribution is -2.37. The van der Waals surface area contributed by atoms with Gasteiger partial charge in [0, 0.05) is 19.3 Å². The Hall–Kier alpha value is -3.07. The van der Waals surface area contributed by atoms with Crippen LogP contribution in [-0.4, -0.2) is 56.8 Å². The van der Waals surface area contributed by atoms with E-state index in [-0.39, 0.29) is 5.91 Å². The van der Waals surface area contributed by atoms with Crippen molar-refractivity contribution in [2.24, 2.45) is 0 Å². The van der Waals surface area contributed by atoms with Crippen molar-refractivity contribution in [3.63, 3.8) is 0 Å². The Labute approximate surface area is 137 Å². The van der Waals surface area contributed by atoms with Gasteiger partial charge < -0.3 is 15.0 Å². The molecule has 4 heterocycles. The van der Waals surface area contributed by atoms with Gasteiger partial charge >= 0.3 is 0 Å². The number of imidazole rings is 1. The number of ether oxygens (including phenoxy) is 1. The van der Waals surface area contributed by atoms with Crippen molar-refractivity contribution >= 4 is 23.2 Å². The number of nitrogens with zero attached hydrogens (tertiary/aromatic N) is 6. The minimum Gasteiger partial charge on any atom is -0.378 e. The maximum Gasteiger partial charge on any atom is 0.277 e. The summed E-state index contributed by atoms with van der Waals surface area (Å²) in [4.78, 5) is 26.6. The summed E-state index contributed by atoms with van der Waals surface area (Å²) >= 11 is 0. The van der Waals surface area contributed by atoms with Crippen LogP contribution in [0.2, 0.25) is 0 Å². The lowest BCUT2D eigenvalue weighted by Gasteiger charge is -2.27. The SMILES string of the molecule is O=C(Nc1ccncn1)c1cnc2ccc(N3CCOCC3)nn12. The number of carbonyl (C=O) groups excluding carboxylic acids is 1. The van der Waals surface area contributed by atoms with E-state index in [1.54, 1.807) is 16.8 Å². The average molecular weight is 325 g/mol. The first-order valence-corrected chi connectivity index (χ1v) is 7.56. The molecule has 1 N–H and O–H groups in total. The highest BCUT2D eigenvalue weighted by Gasteiger charge is 2.17. The zero-order valence-corrected chi connectivity index (χ0v) is 12.8. The van der Waals surface area contributed by atoms with Gasteiger partial charge in [0.25, 0.3) is 5.91 Å². The third kappa shape index (κ3) is 2.76. The third-order valence-electron chi connectivity index (χ3n) is 3.74. The predicted molar refractivity (Wildman–Crippen MR) is 86.0 cm³/mol. The highest BCUT2D eigenvalue weighted by Crippen LogP contribution is 2.15. The molecule has 0 aliphatic carbocycles. The van der Waals surface area contributed by atoms with Gasteiger partial charge in [-0.3, -0.25) is 4.79 Å². The number of hydrogen-bond acceptors (Lipinski definition) is 7. The monoisotopic (exact) mass is 325 g/mol. The molecule has 1 fully saturated rings. The second-order valence-electron chi connectivity index (χ2n) is 5.25. The average Bonchev–Trinajstić information content (AvgIpc) is 3.06. The first-order chi connectivity index (χ1) is 11.8. The van der Waals surface area contributed by atoms with Gasteiger partial charge in [0.1, 0.15) is 18.0 Å². The molecular formula is C15H15N7O2. The molecule has 9 heteroatoms. The fourth-order valence-electron chi connectivity index (χ4n) is 2.52. The Morgan fingerprint density at radius 2 is 2.04 bits per heavy atom. The Morgan fingerprint density at radius 1 is 1.17 bits per heavy atom. The molecular weight excluding hydrogens is 310 g/mol. The van der Waals surface area contributed by atoms with E-state index in [4.69, 9.17) is 4.74 Å².